The third kappa shape index (κ3) is 1.72. The number of hydrogen-bond acceptors (Lipinski definition) is 1. The molecule has 0 bridgehead atoms. The first kappa shape index (κ1) is 13.8. The average Bonchev–Trinajstić information content (AvgIpc) is 2.76. The molecule has 114 valence electrons. The Morgan fingerprint density at radius 1 is 1.14 bits per heavy atom. The second-order valence-electron chi connectivity index (χ2n) is 8.71. The van der Waals surface area contributed by atoms with Crippen LogP contribution in [0.5, 0.6) is 0 Å². The predicted octanol–water partition coefficient (Wildman–Crippen LogP) is 4.93. The summed E-state index contributed by atoms with van der Waals surface area (Å²) in [4.78, 5) is 12.3. The number of rotatable bonds is 0. The van der Waals surface area contributed by atoms with E-state index in [0.717, 1.165) is 18.3 Å². The molecule has 1 nitrogen and oxygen atoms in total. The Kier molecular flexibility index (Phi) is 2.85. The Bertz CT molecular complexity index is 542. The second kappa shape index (κ2) is 4.33. The van der Waals surface area contributed by atoms with Crippen LogP contribution in [0.25, 0.3) is 0 Å². The first-order chi connectivity index (χ1) is 9.95. The first-order valence-electron chi connectivity index (χ1n) is 8.87. The summed E-state index contributed by atoms with van der Waals surface area (Å²) in [6, 6.07) is 0. The zero-order valence-corrected chi connectivity index (χ0v) is 13.7. The summed E-state index contributed by atoms with van der Waals surface area (Å²) in [5, 5.41) is 0. The van der Waals surface area contributed by atoms with E-state index in [0.29, 0.717) is 23.0 Å². The van der Waals surface area contributed by atoms with Crippen LogP contribution in [0.2, 0.25) is 0 Å². The molecule has 0 saturated heterocycles. The van der Waals surface area contributed by atoms with Crippen molar-refractivity contribution < 1.29 is 4.79 Å². The van der Waals surface area contributed by atoms with Crippen LogP contribution in [0.15, 0.2) is 23.8 Å². The SMILES string of the molecule is C[C@H]1CC[C@@]2(C)C(=CC[C@@H]3[C@@H]2CC[C@]2(C)C(=O)C=C[C@@H]32)C1. The average molecular weight is 284 g/mol. The van der Waals surface area contributed by atoms with E-state index in [1.54, 1.807) is 5.57 Å². The molecule has 0 aromatic carbocycles. The highest BCUT2D eigenvalue weighted by molar-refractivity contribution is 5.97. The quantitative estimate of drug-likeness (QED) is 0.576. The van der Waals surface area contributed by atoms with Crippen molar-refractivity contribution in [3.63, 3.8) is 0 Å². The van der Waals surface area contributed by atoms with Crippen molar-refractivity contribution in [3.05, 3.63) is 23.8 Å². The van der Waals surface area contributed by atoms with Crippen LogP contribution in [-0.2, 0) is 4.79 Å². The van der Waals surface area contributed by atoms with E-state index >= 15 is 0 Å². The van der Waals surface area contributed by atoms with E-state index in [1.807, 2.05) is 6.08 Å². The van der Waals surface area contributed by atoms with Gasteiger partial charge in [0.05, 0.1) is 0 Å². The smallest absolute Gasteiger partial charge is 0.161 e. The van der Waals surface area contributed by atoms with Gasteiger partial charge < -0.3 is 0 Å². The number of allylic oxidation sites excluding steroid dienone is 4. The molecule has 0 aromatic heterocycles. The minimum atomic E-state index is -0.0785. The minimum Gasteiger partial charge on any atom is -0.294 e. The second-order valence-corrected chi connectivity index (χ2v) is 8.71. The lowest BCUT2D eigenvalue weighted by molar-refractivity contribution is -0.129. The third-order valence-corrected chi connectivity index (χ3v) is 7.62. The number of hydrogen-bond donors (Lipinski definition) is 0. The van der Waals surface area contributed by atoms with Gasteiger partial charge in [-0.15, -0.1) is 0 Å². The predicted molar refractivity (Wildman–Crippen MR) is 85.8 cm³/mol. The molecule has 0 unspecified atom stereocenters. The van der Waals surface area contributed by atoms with Crippen molar-refractivity contribution in [2.24, 2.45) is 34.5 Å². The third-order valence-electron chi connectivity index (χ3n) is 7.62. The molecule has 0 amide bonds. The van der Waals surface area contributed by atoms with Gasteiger partial charge in [-0.3, -0.25) is 4.79 Å². The summed E-state index contributed by atoms with van der Waals surface area (Å²) in [7, 11) is 0. The highest BCUT2D eigenvalue weighted by Crippen LogP contribution is 2.63. The fourth-order valence-corrected chi connectivity index (χ4v) is 6.12. The molecule has 21 heavy (non-hydrogen) atoms. The van der Waals surface area contributed by atoms with E-state index in [9.17, 15) is 4.79 Å². The lowest BCUT2D eigenvalue weighted by Gasteiger charge is -2.56. The van der Waals surface area contributed by atoms with Gasteiger partial charge in [-0.25, -0.2) is 0 Å². The molecule has 2 fully saturated rings. The van der Waals surface area contributed by atoms with Crippen molar-refractivity contribution in [2.75, 3.05) is 0 Å². The molecular formula is C20H28O. The van der Waals surface area contributed by atoms with Gasteiger partial charge in [0.1, 0.15) is 0 Å². The lowest BCUT2D eigenvalue weighted by atomic mass is 9.47. The summed E-state index contributed by atoms with van der Waals surface area (Å²) in [5.74, 6) is 3.26. The molecule has 1 heteroatoms. The highest BCUT2D eigenvalue weighted by atomic mass is 16.1. The number of carbonyl (C=O) groups excluding carboxylic acids is 1. The topological polar surface area (TPSA) is 17.1 Å². The Morgan fingerprint density at radius 3 is 2.71 bits per heavy atom. The van der Waals surface area contributed by atoms with Gasteiger partial charge in [0, 0.05) is 5.41 Å². The van der Waals surface area contributed by atoms with E-state index in [-0.39, 0.29) is 5.41 Å². The summed E-state index contributed by atoms with van der Waals surface area (Å²) in [6.07, 6.45) is 14.3. The molecule has 0 heterocycles. The van der Waals surface area contributed by atoms with Crippen LogP contribution in [0.4, 0.5) is 0 Å². The summed E-state index contributed by atoms with van der Waals surface area (Å²) < 4.78 is 0. The van der Waals surface area contributed by atoms with Crippen molar-refractivity contribution in [2.45, 2.75) is 59.3 Å². The molecule has 0 aromatic rings. The normalized spacial score (nSPS) is 52.0. The molecule has 0 radical (unpaired) electrons. The van der Waals surface area contributed by atoms with E-state index in [4.69, 9.17) is 0 Å². The van der Waals surface area contributed by atoms with E-state index in [2.05, 4.69) is 32.9 Å². The molecule has 4 rings (SSSR count). The van der Waals surface area contributed by atoms with Crippen LogP contribution in [-0.4, -0.2) is 5.78 Å². The minimum absolute atomic E-state index is 0.0785. The summed E-state index contributed by atoms with van der Waals surface area (Å²) >= 11 is 0. The number of ketones is 1. The molecule has 4 aliphatic carbocycles. The van der Waals surface area contributed by atoms with E-state index in [1.165, 1.54) is 32.1 Å². The maximum Gasteiger partial charge on any atom is 0.161 e. The fraction of sp³-hybridized carbons (Fsp3) is 0.750. The Morgan fingerprint density at radius 2 is 1.90 bits per heavy atom. The Balaban J connectivity index is 1.71. The monoisotopic (exact) mass is 284 g/mol. The fourth-order valence-electron chi connectivity index (χ4n) is 6.12. The van der Waals surface area contributed by atoms with Crippen LogP contribution < -0.4 is 0 Å². The Hall–Kier alpha value is -0.850. The van der Waals surface area contributed by atoms with Gasteiger partial charge in [0.2, 0.25) is 0 Å². The molecule has 2 saturated carbocycles. The van der Waals surface area contributed by atoms with Gasteiger partial charge >= 0.3 is 0 Å². The first-order valence-corrected chi connectivity index (χ1v) is 8.87. The van der Waals surface area contributed by atoms with Crippen molar-refractivity contribution in [1.82, 2.24) is 0 Å². The van der Waals surface area contributed by atoms with Crippen LogP contribution in [0.1, 0.15) is 59.3 Å². The molecule has 0 spiro atoms. The molecule has 6 atom stereocenters. The standard InChI is InChI=1S/C20H28O/c1-13-8-10-19(2)14(12-13)4-5-15-16-6-7-18(21)20(16,3)11-9-17(15)19/h4,6-7,13,15-17H,5,8-12H2,1-3H3/t13-,15-,16-,17-,19-,20-/m0/s1. The maximum absolute atomic E-state index is 12.3. The van der Waals surface area contributed by atoms with Crippen LogP contribution >= 0.6 is 0 Å². The Labute approximate surface area is 128 Å². The number of fused-ring (bicyclic) bond motifs is 5. The van der Waals surface area contributed by atoms with E-state index < -0.39 is 0 Å². The van der Waals surface area contributed by atoms with Crippen molar-refractivity contribution in [1.29, 1.82) is 0 Å². The van der Waals surface area contributed by atoms with Gasteiger partial charge in [0.25, 0.3) is 0 Å². The van der Waals surface area contributed by atoms with Gasteiger partial charge in [-0.05, 0) is 73.7 Å². The molecule has 0 aliphatic heterocycles. The van der Waals surface area contributed by atoms with Gasteiger partial charge in [-0.1, -0.05) is 38.5 Å². The molecule has 0 N–H and O–H groups in total. The largest absolute Gasteiger partial charge is 0.294 e. The van der Waals surface area contributed by atoms with Crippen molar-refractivity contribution in [3.8, 4) is 0 Å². The zero-order chi connectivity index (χ0) is 14.8. The van der Waals surface area contributed by atoms with Gasteiger partial charge in [0.15, 0.2) is 5.78 Å². The summed E-state index contributed by atoms with van der Waals surface area (Å²) in [5.41, 5.74) is 2.10. The van der Waals surface area contributed by atoms with Gasteiger partial charge in [-0.2, -0.15) is 0 Å². The lowest BCUT2D eigenvalue weighted by Crippen LogP contribution is -2.50. The molecular weight excluding hydrogens is 256 g/mol. The van der Waals surface area contributed by atoms with Crippen LogP contribution in [0.3, 0.4) is 0 Å². The highest BCUT2D eigenvalue weighted by Gasteiger charge is 2.56. The molecule has 4 aliphatic rings. The maximum atomic E-state index is 12.3. The van der Waals surface area contributed by atoms with Crippen molar-refractivity contribution >= 4 is 5.78 Å². The zero-order valence-electron chi connectivity index (χ0n) is 13.7. The summed E-state index contributed by atoms with van der Waals surface area (Å²) in [6.45, 7) is 7.16. The number of carbonyl (C=O) groups is 1. The van der Waals surface area contributed by atoms with Crippen LogP contribution in [0, 0.1) is 34.5 Å².